The highest BCUT2D eigenvalue weighted by molar-refractivity contribution is 6.09. The van der Waals surface area contributed by atoms with Gasteiger partial charge in [-0.05, 0) is 60.1 Å². The number of esters is 1. The van der Waals surface area contributed by atoms with Crippen molar-refractivity contribution in [2.45, 2.75) is 6.92 Å². The van der Waals surface area contributed by atoms with E-state index in [9.17, 15) is 14.4 Å². The Balaban J connectivity index is 1.57. The van der Waals surface area contributed by atoms with Gasteiger partial charge >= 0.3 is 5.97 Å². The summed E-state index contributed by atoms with van der Waals surface area (Å²) < 4.78 is 4.87. The van der Waals surface area contributed by atoms with Gasteiger partial charge in [0, 0.05) is 37.8 Å². The minimum Gasteiger partial charge on any atom is -0.465 e. The van der Waals surface area contributed by atoms with Crippen molar-refractivity contribution >= 4 is 39.8 Å². The molecule has 3 aromatic rings. The number of allylic oxidation sites excluding steroid dienone is 1. The van der Waals surface area contributed by atoms with Gasteiger partial charge < -0.3 is 19.9 Å². The summed E-state index contributed by atoms with van der Waals surface area (Å²) >= 11 is 0. The van der Waals surface area contributed by atoms with Crippen LogP contribution in [0.2, 0.25) is 0 Å². The summed E-state index contributed by atoms with van der Waals surface area (Å²) in [5, 5.41) is 4.98. The van der Waals surface area contributed by atoms with E-state index in [4.69, 9.17) is 4.74 Å². The Hall–Kier alpha value is -3.97. The van der Waals surface area contributed by atoms with E-state index < -0.39 is 11.9 Å². The second-order valence-corrected chi connectivity index (χ2v) is 8.73. The molecular weight excluding hydrogens is 442 g/mol. The van der Waals surface area contributed by atoms with Crippen molar-refractivity contribution in [3.63, 3.8) is 0 Å². The van der Waals surface area contributed by atoms with E-state index in [0.717, 1.165) is 35.0 Å². The standard InChI is InChI=1S/C28H29N3O4/c1-19(21-9-8-20-6-4-5-7-22(20)17-21)16-26(32)29-25-18-23(10-11-24(25)28(34)35-3)27(33)31-14-12-30(2)13-15-31/h4-11,16-18H,12-15H2,1-3H3,(H,29,32)/b19-16-. The number of carbonyl (C=O) groups excluding carboxylic acids is 3. The fraction of sp³-hybridized carbons (Fsp3) is 0.250. The van der Waals surface area contributed by atoms with Crippen molar-refractivity contribution in [3.05, 3.63) is 83.4 Å². The van der Waals surface area contributed by atoms with Gasteiger partial charge in [0.1, 0.15) is 0 Å². The highest BCUT2D eigenvalue weighted by atomic mass is 16.5. The molecule has 0 bridgehead atoms. The van der Waals surface area contributed by atoms with Gasteiger partial charge in [0.25, 0.3) is 5.91 Å². The normalized spacial score (nSPS) is 14.6. The molecule has 2 amide bonds. The van der Waals surface area contributed by atoms with E-state index in [-0.39, 0.29) is 17.2 Å². The van der Waals surface area contributed by atoms with Crippen LogP contribution in [-0.2, 0) is 9.53 Å². The van der Waals surface area contributed by atoms with Crippen molar-refractivity contribution in [1.82, 2.24) is 9.80 Å². The number of rotatable bonds is 5. The highest BCUT2D eigenvalue weighted by Gasteiger charge is 2.22. The first-order valence-electron chi connectivity index (χ1n) is 11.5. The van der Waals surface area contributed by atoms with Crippen LogP contribution in [0.15, 0.2) is 66.7 Å². The number of anilines is 1. The van der Waals surface area contributed by atoms with E-state index in [2.05, 4.69) is 10.2 Å². The maximum absolute atomic E-state index is 13.0. The van der Waals surface area contributed by atoms with E-state index in [1.54, 1.807) is 17.0 Å². The molecule has 0 unspecified atom stereocenters. The number of likely N-dealkylation sites (N-methyl/N-ethyl adjacent to an activating group) is 1. The van der Waals surface area contributed by atoms with E-state index in [1.807, 2.05) is 56.4 Å². The number of ether oxygens (including phenoxy) is 1. The lowest BCUT2D eigenvalue weighted by molar-refractivity contribution is -0.111. The topological polar surface area (TPSA) is 79.0 Å². The first kappa shape index (κ1) is 24.2. The Morgan fingerprint density at radius 1 is 0.886 bits per heavy atom. The second-order valence-electron chi connectivity index (χ2n) is 8.73. The third kappa shape index (κ3) is 5.58. The lowest BCUT2D eigenvalue weighted by atomic mass is 10.0. The highest BCUT2D eigenvalue weighted by Crippen LogP contribution is 2.23. The molecule has 0 aromatic heterocycles. The number of nitrogens with one attached hydrogen (secondary N) is 1. The number of piperazine rings is 1. The average Bonchev–Trinajstić information content (AvgIpc) is 2.87. The predicted octanol–water partition coefficient (Wildman–Crippen LogP) is 4.06. The smallest absolute Gasteiger partial charge is 0.339 e. The van der Waals surface area contributed by atoms with E-state index in [0.29, 0.717) is 18.7 Å². The van der Waals surface area contributed by atoms with Crippen molar-refractivity contribution in [1.29, 1.82) is 0 Å². The Labute approximate surface area is 205 Å². The van der Waals surface area contributed by atoms with Crippen LogP contribution in [0.5, 0.6) is 0 Å². The van der Waals surface area contributed by atoms with Gasteiger partial charge in [-0.15, -0.1) is 0 Å². The lowest BCUT2D eigenvalue weighted by Crippen LogP contribution is -2.47. The van der Waals surface area contributed by atoms with Crippen LogP contribution in [0.25, 0.3) is 16.3 Å². The lowest BCUT2D eigenvalue weighted by Gasteiger charge is -2.32. The predicted molar refractivity (Wildman–Crippen MR) is 137 cm³/mol. The van der Waals surface area contributed by atoms with Crippen molar-refractivity contribution in [2.75, 3.05) is 45.7 Å². The largest absolute Gasteiger partial charge is 0.465 e. The Bertz CT molecular complexity index is 1310. The van der Waals surface area contributed by atoms with Crippen LogP contribution in [0.1, 0.15) is 33.2 Å². The Kier molecular flexibility index (Phi) is 7.27. The molecule has 180 valence electrons. The number of fused-ring (bicyclic) bond motifs is 1. The van der Waals surface area contributed by atoms with Crippen molar-refractivity contribution in [2.24, 2.45) is 0 Å². The monoisotopic (exact) mass is 471 g/mol. The fourth-order valence-electron chi connectivity index (χ4n) is 4.14. The third-order valence-electron chi connectivity index (χ3n) is 6.27. The summed E-state index contributed by atoms with van der Waals surface area (Å²) in [5.74, 6) is -1.12. The number of nitrogens with zero attached hydrogens (tertiary/aromatic N) is 2. The molecule has 1 aliphatic heterocycles. The van der Waals surface area contributed by atoms with Gasteiger partial charge in [0.2, 0.25) is 5.91 Å². The molecule has 0 aliphatic carbocycles. The van der Waals surface area contributed by atoms with Gasteiger partial charge in [0.15, 0.2) is 0 Å². The van der Waals surface area contributed by atoms with Crippen LogP contribution >= 0.6 is 0 Å². The molecule has 1 aliphatic rings. The van der Waals surface area contributed by atoms with Gasteiger partial charge in [0.05, 0.1) is 18.4 Å². The van der Waals surface area contributed by atoms with Gasteiger partial charge in [-0.3, -0.25) is 9.59 Å². The first-order chi connectivity index (χ1) is 16.9. The minimum atomic E-state index is -0.589. The third-order valence-corrected chi connectivity index (χ3v) is 6.27. The van der Waals surface area contributed by atoms with Crippen LogP contribution in [0.4, 0.5) is 5.69 Å². The Morgan fingerprint density at radius 3 is 2.29 bits per heavy atom. The zero-order chi connectivity index (χ0) is 24.9. The molecule has 7 nitrogen and oxygen atoms in total. The summed E-state index contributed by atoms with van der Waals surface area (Å²) in [5.41, 5.74) is 2.54. The SMILES string of the molecule is COC(=O)c1ccc(C(=O)N2CCN(C)CC2)cc1NC(=O)/C=C(/C)c1ccc2ccccc2c1. The summed E-state index contributed by atoms with van der Waals surface area (Å²) in [6.45, 7) is 4.72. The zero-order valence-electron chi connectivity index (χ0n) is 20.2. The van der Waals surface area contributed by atoms with Gasteiger partial charge in [-0.1, -0.05) is 36.4 Å². The first-order valence-corrected chi connectivity index (χ1v) is 11.5. The van der Waals surface area contributed by atoms with Crippen LogP contribution < -0.4 is 5.32 Å². The quantitative estimate of drug-likeness (QED) is 0.449. The number of benzene rings is 3. The Morgan fingerprint density at radius 2 is 1.57 bits per heavy atom. The molecule has 0 spiro atoms. The minimum absolute atomic E-state index is 0.132. The molecule has 1 saturated heterocycles. The molecule has 1 fully saturated rings. The van der Waals surface area contributed by atoms with E-state index in [1.165, 1.54) is 19.3 Å². The van der Waals surface area contributed by atoms with Gasteiger partial charge in [-0.2, -0.15) is 0 Å². The van der Waals surface area contributed by atoms with Crippen LogP contribution in [0, 0.1) is 0 Å². The summed E-state index contributed by atoms with van der Waals surface area (Å²) in [7, 11) is 3.30. The molecule has 0 radical (unpaired) electrons. The average molecular weight is 472 g/mol. The molecule has 3 aromatic carbocycles. The van der Waals surface area contributed by atoms with Gasteiger partial charge in [-0.25, -0.2) is 4.79 Å². The molecule has 4 rings (SSSR count). The second kappa shape index (κ2) is 10.5. The number of hydrogen-bond acceptors (Lipinski definition) is 5. The molecular formula is C28H29N3O4. The van der Waals surface area contributed by atoms with Crippen molar-refractivity contribution in [3.8, 4) is 0 Å². The van der Waals surface area contributed by atoms with E-state index >= 15 is 0 Å². The number of methoxy groups -OCH3 is 1. The fourth-order valence-corrected chi connectivity index (χ4v) is 4.14. The number of amides is 2. The molecule has 35 heavy (non-hydrogen) atoms. The number of carbonyl (C=O) groups is 3. The number of hydrogen-bond donors (Lipinski definition) is 1. The maximum atomic E-state index is 13.0. The molecule has 1 heterocycles. The zero-order valence-corrected chi connectivity index (χ0v) is 20.2. The summed E-state index contributed by atoms with van der Waals surface area (Å²) in [6, 6.07) is 18.7. The maximum Gasteiger partial charge on any atom is 0.339 e. The summed E-state index contributed by atoms with van der Waals surface area (Å²) in [6.07, 6.45) is 1.49. The summed E-state index contributed by atoms with van der Waals surface area (Å²) in [4.78, 5) is 42.2. The molecule has 7 heteroatoms. The molecule has 1 N–H and O–H groups in total. The van der Waals surface area contributed by atoms with Crippen LogP contribution in [0.3, 0.4) is 0 Å². The van der Waals surface area contributed by atoms with Crippen molar-refractivity contribution < 1.29 is 19.1 Å². The molecule has 0 atom stereocenters. The van der Waals surface area contributed by atoms with Crippen LogP contribution in [-0.4, -0.2) is 67.9 Å². The molecule has 0 saturated carbocycles.